The van der Waals surface area contributed by atoms with Crippen LogP contribution < -0.4 is 10.6 Å². The van der Waals surface area contributed by atoms with E-state index in [4.69, 9.17) is 0 Å². The fourth-order valence-corrected chi connectivity index (χ4v) is 2.55. The lowest BCUT2D eigenvalue weighted by Crippen LogP contribution is -2.39. The zero-order chi connectivity index (χ0) is 14.7. The predicted octanol–water partition coefficient (Wildman–Crippen LogP) is 1.16. The minimum absolute atomic E-state index is 0.0906. The second kappa shape index (κ2) is 6.11. The Labute approximate surface area is 117 Å². The average molecular weight is 289 g/mol. The maximum atomic E-state index is 12.0. The van der Waals surface area contributed by atoms with Crippen LogP contribution in [0.1, 0.15) is 41.0 Å². The molecular weight excluding hydrogens is 262 g/mol. The average Bonchev–Trinajstić information content (AvgIpc) is 2.92. The SMILES string of the molecule is CCNC(=NCCS(=O)(=O)C(C)(C)C)NC1CC1C. The Morgan fingerprint density at radius 3 is 2.37 bits per heavy atom. The molecule has 0 aromatic rings. The van der Waals surface area contributed by atoms with Crippen LogP contribution in [0.4, 0.5) is 0 Å². The van der Waals surface area contributed by atoms with Crippen molar-refractivity contribution in [3.05, 3.63) is 0 Å². The number of hydrogen-bond acceptors (Lipinski definition) is 3. The van der Waals surface area contributed by atoms with E-state index in [1.807, 2.05) is 6.92 Å². The van der Waals surface area contributed by atoms with Gasteiger partial charge in [0.05, 0.1) is 17.0 Å². The van der Waals surface area contributed by atoms with Gasteiger partial charge < -0.3 is 10.6 Å². The van der Waals surface area contributed by atoms with Gasteiger partial charge in [0.15, 0.2) is 15.8 Å². The summed E-state index contributed by atoms with van der Waals surface area (Å²) < 4.78 is 23.2. The van der Waals surface area contributed by atoms with Crippen molar-refractivity contribution in [3.8, 4) is 0 Å². The highest BCUT2D eigenvalue weighted by atomic mass is 32.2. The number of guanidine groups is 1. The van der Waals surface area contributed by atoms with E-state index in [2.05, 4.69) is 22.5 Å². The summed E-state index contributed by atoms with van der Waals surface area (Å²) in [6.45, 7) is 10.4. The van der Waals surface area contributed by atoms with Crippen LogP contribution in [-0.2, 0) is 9.84 Å². The van der Waals surface area contributed by atoms with Gasteiger partial charge in [0.1, 0.15) is 0 Å². The van der Waals surface area contributed by atoms with Gasteiger partial charge in [-0.1, -0.05) is 6.92 Å². The standard InChI is InChI=1S/C13H27N3O2S/c1-6-14-12(16-11-9-10(11)2)15-7-8-19(17,18)13(3,4)5/h10-11H,6-9H2,1-5H3,(H2,14,15,16). The van der Waals surface area contributed by atoms with Gasteiger partial charge >= 0.3 is 0 Å². The fourth-order valence-electron chi connectivity index (χ4n) is 1.60. The topological polar surface area (TPSA) is 70.6 Å². The van der Waals surface area contributed by atoms with Crippen LogP contribution in [0.15, 0.2) is 4.99 Å². The number of rotatable bonds is 5. The number of nitrogens with one attached hydrogen (secondary N) is 2. The van der Waals surface area contributed by atoms with Crippen LogP contribution in [0, 0.1) is 5.92 Å². The highest BCUT2D eigenvalue weighted by Gasteiger charge is 2.33. The van der Waals surface area contributed by atoms with E-state index in [1.165, 1.54) is 0 Å². The van der Waals surface area contributed by atoms with Gasteiger partial charge in [0.25, 0.3) is 0 Å². The minimum Gasteiger partial charge on any atom is -0.357 e. The lowest BCUT2D eigenvalue weighted by molar-refractivity contribution is 0.560. The molecule has 0 heterocycles. The predicted molar refractivity (Wildman–Crippen MR) is 80.2 cm³/mol. The molecule has 0 aromatic carbocycles. The third kappa shape index (κ3) is 5.01. The molecule has 0 radical (unpaired) electrons. The third-order valence-electron chi connectivity index (χ3n) is 3.34. The van der Waals surface area contributed by atoms with E-state index in [-0.39, 0.29) is 5.75 Å². The number of hydrogen-bond donors (Lipinski definition) is 2. The molecule has 5 nitrogen and oxygen atoms in total. The van der Waals surface area contributed by atoms with Crippen molar-refractivity contribution in [2.24, 2.45) is 10.9 Å². The third-order valence-corrected chi connectivity index (χ3v) is 5.92. The smallest absolute Gasteiger partial charge is 0.191 e. The fraction of sp³-hybridized carbons (Fsp3) is 0.923. The van der Waals surface area contributed by atoms with Crippen molar-refractivity contribution in [1.29, 1.82) is 0 Å². The number of aliphatic imine (C=N–C) groups is 1. The Morgan fingerprint density at radius 2 is 1.95 bits per heavy atom. The van der Waals surface area contributed by atoms with E-state index >= 15 is 0 Å². The van der Waals surface area contributed by atoms with Crippen LogP contribution in [0.5, 0.6) is 0 Å². The molecule has 1 saturated carbocycles. The summed E-state index contributed by atoms with van der Waals surface area (Å²) in [5, 5.41) is 6.45. The molecular formula is C13H27N3O2S. The molecule has 1 fully saturated rings. The maximum absolute atomic E-state index is 12.0. The first-order chi connectivity index (χ1) is 8.67. The Balaban J connectivity index is 2.52. The first-order valence-electron chi connectivity index (χ1n) is 6.94. The number of sulfone groups is 1. The van der Waals surface area contributed by atoms with Gasteiger partial charge in [-0.2, -0.15) is 0 Å². The van der Waals surface area contributed by atoms with Gasteiger partial charge in [-0.3, -0.25) is 4.99 Å². The maximum Gasteiger partial charge on any atom is 0.191 e. The molecule has 0 bridgehead atoms. The van der Waals surface area contributed by atoms with Gasteiger partial charge in [0, 0.05) is 12.6 Å². The molecule has 0 amide bonds. The lowest BCUT2D eigenvalue weighted by atomic mass is 10.3. The van der Waals surface area contributed by atoms with Gasteiger partial charge in [-0.15, -0.1) is 0 Å². The van der Waals surface area contributed by atoms with Crippen LogP contribution >= 0.6 is 0 Å². The quantitative estimate of drug-likeness (QED) is 0.588. The van der Waals surface area contributed by atoms with E-state index in [9.17, 15) is 8.42 Å². The Hall–Kier alpha value is -0.780. The van der Waals surface area contributed by atoms with Crippen LogP contribution in [0.3, 0.4) is 0 Å². The van der Waals surface area contributed by atoms with Crippen molar-refractivity contribution in [2.75, 3.05) is 18.8 Å². The first-order valence-corrected chi connectivity index (χ1v) is 8.59. The first kappa shape index (κ1) is 16.3. The summed E-state index contributed by atoms with van der Waals surface area (Å²) in [5.41, 5.74) is 0. The summed E-state index contributed by atoms with van der Waals surface area (Å²) in [4.78, 5) is 4.34. The molecule has 112 valence electrons. The molecule has 2 N–H and O–H groups in total. The molecule has 0 aliphatic heterocycles. The summed E-state index contributed by atoms with van der Waals surface area (Å²) in [6.07, 6.45) is 1.16. The summed E-state index contributed by atoms with van der Waals surface area (Å²) >= 11 is 0. The highest BCUT2D eigenvalue weighted by Crippen LogP contribution is 2.28. The molecule has 1 aliphatic carbocycles. The monoisotopic (exact) mass is 289 g/mol. The molecule has 6 heteroatoms. The Kier molecular flexibility index (Phi) is 5.24. The number of nitrogens with zero attached hydrogens (tertiary/aromatic N) is 1. The summed E-state index contributed by atoms with van der Waals surface area (Å²) in [7, 11) is -3.09. The van der Waals surface area contributed by atoms with Crippen molar-refractivity contribution in [3.63, 3.8) is 0 Å². The zero-order valence-corrected chi connectivity index (χ0v) is 13.5. The van der Waals surface area contributed by atoms with Crippen molar-refractivity contribution >= 4 is 15.8 Å². The van der Waals surface area contributed by atoms with Gasteiger partial charge in [0.2, 0.25) is 0 Å². The van der Waals surface area contributed by atoms with Crippen LogP contribution in [-0.4, -0.2) is 44.0 Å². The molecule has 1 rings (SSSR count). The summed E-state index contributed by atoms with van der Waals surface area (Å²) in [6, 6.07) is 0.483. The molecule has 2 unspecified atom stereocenters. The second-order valence-electron chi connectivity index (χ2n) is 6.16. The van der Waals surface area contributed by atoms with E-state index in [0.29, 0.717) is 18.5 Å². The Bertz CT molecular complexity index is 424. The molecule has 2 atom stereocenters. The van der Waals surface area contributed by atoms with Crippen molar-refractivity contribution in [1.82, 2.24) is 10.6 Å². The van der Waals surface area contributed by atoms with Gasteiger partial charge in [-0.25, -0.2) is 8.42 Å². The van der Waals surface area contributed by atoms with E-state index in [1.54, 1.807) is 20.8 Å². The Morgan fingerprint density at radius 1 is 1.37 bits per heavy atom. The lowest BCUT2D eigenvalue weighted by Gasteiger charge is -2.18. The highest BCUT2D eigenvalue weighted by molar-refractivity contribution is 7.92. The normalized spacial score (nSPS) is 24.2. The summed E-state index contributed by atoms with van der Waals surface area (Å²) in [5.74, 6) is 1.50. The van der Waals surface area contributed by atoms with Crippen LogP contribution in [0.25, 0.3) is 0 Å². The second-order valence-corrected chi connectivity index (χ2v) is 9.02. The molecule has 19 heavy (non-hydrogen) atoms. The zero-order valence-electron chi connectivity index (χ0n) is 12.7. The van der Waals surface area contributed by atoms with Crippen molar-refractivity contribution in [2.45, 2.75) is 51.8 Å². The molecule has 0 saturated heterocycles. The van der Waals surface area contributed by atoms with Gasteiger partial charge in [-0.05, 0) is 40.0 Å². The largest absolute Gasteiger partial charge is 0.357 e. The molecule has 0 spiro atoms. The van der Waals surface area contributed by atoms with E-state index in [0.717, 1.165) is 18.9 Å². The van der Waals surface area contributed by atoms with E-state index < -0.39 is 14.6 Å². The van der Waals surface area contributed by atoms with Crippen LogP contribution in [0.2, 0.25) is 0 Å². The van der Waals surface area contributed by atoms with Crippen molar-refractivity contribution < 1.29 is 8.42 Å². The molecule has 0 aromatic heterocycles. The minimum atomic E-state index is -3.09. The molecule has 1 aliphatic rings.